The Labute approximate surface area is 125 Å². The first-order chi connectivity index (χ1) is 9.98. The van der Waals surface area contributed by atoms with Crippen LogP contribution in [0.4, 0.5) is 0 Å². The summed E-state index contributed by atoms with van der Waals surface area (Å²) < 4.78 is 0. The number of nitrogens with zero attached hydrogens (tertiary/aromatic N) is 1. The smallest absolute Gasteiger partial charge is 0.234 e. The van der Waals surface area contributed by atoms with Crippen LogP contribution in [0.25, 0.3) is 0 Å². The lowest BCUT2D eigenvalue weighted by molar-refractivity contribution is -0.134. The van der Waals surface area contributed by atoms with E-state index in [1.807, 2.05) is 44.2 Å². The highest BCUT2D eigenvalue weighted by atomic mass is 16.2. The van der Waals surface area contributed by atoms with Crippen LogP contribution in [0, 0.1) is 5.92 Å². The molecule has 2 rings (SSSR count). The third-order valence-corrected chi connectivity index (χ3v) is 4.50. The van der Waals surface area contributed by atoms with Crippen LogP contribution in [0.5, 0.6) is 0 Å². The number of amides is 2. The van der Waals surface area contributed by atoms with Crippen LogP contribution in [0.3, 0.4) is 0 Å². The highest BCUT2D eigenvalue weighted by Crippen LogP contribution is 2.56. The standard InChI is InChI=1S/C16H23N3O2/c1-3-19(4-2)15(21)16(11-8-6-5-7-9-11)10-12(16)13(17)14(18)20/h5-9,12-13H,3-4,10,17H2,1-2H3,(H2,18,20)/t12-,13+,16+/m0/s1. The van der Waals surface area contributed by atoms with Crippen molar-refractivity contribution in [1.82, 2.24) is 4.90 Å². The average Bonchev–Trinajstić information content (AvgIpc) is 3.25. The van der Waals surface area contributed by atoms with Crippen molar-refractivity contribution < 1.29 is 9.59 Å². The molecule has 0 aromatic heterocycles. The molecule has 114 valence electrons. The molecule has 0 radical (unpaired) electrons. The maximum absolute atomic E-state index is 12.9. The second-order valence-electron chi connectivity index (χ2n) is 5.55. The molecule has 5 heteroatoms. The van der Waals surface area contributed by atoms with E-state index in [1.54, 1.807) is 4.90 Å². The molecule has 2 amide bonds. The predicted molar refractivity (Wildman–Crippen MR) is 81.3 cm³/mol. The number of benzene rings is 1. The Hall–Kier alpha value is -1.88. The van der Waals surface area contributed by atoms with Crippen molar-refractivity contribution >= 4 is 11.8 Å². The summed E-state index contributed by atoms with van der Waals surface area (Å²) >= 11 is 0. The molecule has 1 aliphatic rings. The molecule has 3 atom stereocenters. The lowest BCUT2D eigenvalue weighted by Crippen LogP contribution is -2.45. The summed E-state index contributed by atoms with van der Waals surface area (Å²) in [5, 5.41) is 0. The quantitative estimate of drug-likeness (QED) is 0.804. The summed E-state index contributed by atoms with van der Waals surface area (Å²) in [6.07, 6.45) is 0.580. The molecule has 0 spiro atoms. The van der Waals surface area contributed by atoms with Gasteiger partial charge in [-0.1, -0.05) is 30.3 Å². The molecule has 21 heavy (non-hydrogen) atoms. The molecule has 1 aliphatic carbocycles. The number of carbonyl (C=O) groups excluding carboxylic acids is 2. The SMILES string of the molecule is CCN(CC)C(=O)[C@@]1(c2ccccc2)C[C@H]1[C@@H](N)C(N)=O. The first-order valence-electron chi connectivity index (χ1n) is 7.38. The maximum Gasteiger partial charge on any atom is 0.234 e. The molecule has 4 N–H and O–H groups in total. The number of rotatable bonds is 6. The molecule has 1 aromatic carbocycles. The van der Waals surface area contributed by atoms with E-state index >= 15 is 0 Å². The van der Waals surface area contributed by atoms with Crippen molar-refractivity contribution in [2.75, 3.05) is 13.1 Å². The third-order valence-electron chi connectivity index (χ3n) is 4.50. The van der Waals surface area contributed by atoms with Gasteiger partial charge in [0.15, 0.2) is 0 Å². The fourth-order valence-corrected chi connectivity index (χ4v) is 3.15. The largest absolute Gasteiger partial charge is 0.368 e. The van der Waals surface area contributed by atoms with Crippen molar-refractivity contribution in [3.8, 4) is 0 Å². The second kappa shape index (κ2) is 5.85. The van der Waals surface area contributed by atoms with Crippen LogP contribution in [0.15, 0.2) is 30.3 Å². The minimum absolute atomic E-state index is 0.0420. The van der Waals surface area contributed by atoms with Gasteiger partial charge in [-0.2, -0.15) is 0 Å². The van der Waals surface area contributed by atoms with E-state index in [4.69, 9.17) is 11.5 Å². The van der Waals surface area contributed by atoms with Crippen LogP contribution in [-0.2, 0) is 15.0 Å². The Kier molecular flexibility index (Phi) is 4.32. The fraction of sp³-hybridized carbons (Fsp3) is 0.500. The highest BCUT2D eigenvalue weighted by Gasteiger charge is 2.64. The Bertz CT molecular complexity index is 528. The second-order valence-corrected chi connectivity index (χ2v) is 5.55. The zero-order valence-corrected chi connectivity index (χ0v) is 12.6. The van der Waals surface area contributed by atoms with Crippen LogP contribution in [0.2, 0.25) is 0 Å². The normalized spacial score (nSPS) is 25.2. The lowest BCUT2D eigenvalue weighted by atomic mass is 9.89. The minimum Gasteiger partial charge on any atom is -0.368 e. The number of nitrogens with two attached hydrogens (primary N) is 2. The van der Waals surface area contributed by atoms with Crippen molar-refractivity contribution in [1.29, 1.82) is 0 Å². The van der Waals surface area contributed by atoms with Crippen LogP contribution in [0.1, 0.15) is 25.8 Å². The van der Waals surface area contributed by atoms with Crippen LogP contribution in [-0.4, -0.2) is 35.8 Å². The van der Waals surface area contributed by atoms with Gasteiger partial charge in [-0.15, -0.1) is 0 Å². The van der Waals surface area contributed by atoms with Gasteiger partial charge in [0.25, 0.3) is 0 Å². The molecule has 0 unspecified atom stereocenters. The molecular formula is C16H23N3O2. The number of hydrogen-bond donors (Lipinski definition) is 2. The van der Waals surface area contributed by atoms with Gasteiger partial charge in [0.1, 0.15) is 0 Å². The average molecular weight is 289 g/mol. The van der Waals surface area contributed by atoms with E-state index in [2.05, 4.69) is 0 Å². The summed E-state index contributed by atoms with van der Waals surface area (Å²) in [5.41, 5.74) is 11.5. The summed E-state index contributed by atoms with van der Waals surface area (Å²) in [6, 6.07) is 8.77. The maximum atomic E-state index is 12.9. The summed E-state index contributed by atoms with van der Waals surface area (Å²) in [7, 11) is 0. The van der Waals surface area contributed by atoms with Crippen molar-refractivity contribution in [3.63, 3.8) is 0 Å². The monoisotopic (exact) mass is 289 g/mol. The summed E-state index contributed by atoms with van der Waals surface area (Å²) in [4.78, 5) is 26.1. The van der Waals surface area contributed by atoms with Crippen LogP contribution >= 0.6 is 0 Å². The number of carbonyl (C=O) groups is 2. The number of primary amides is 1. The Morgan fingerprint density at radius 3 is 2.33 bits per heavy atom. The molecular weight excluding hydrogens is 266 g/mol. The van der Waals surface area contributed by atoms with E-state index < -0.39 is 17.4 Å². The van der Waals surface area contributed by atoms with Gasteiger partial charge in [-0.25, -0.2) is 0 Å². The fourth-order valence-electron chi connectivity index (χ4n) is 3.15. The van der Waals surface area contributed by atoms with Gasteiger partial charge >= 0.3 is 0 Å². The Morgan fingerprint density at radius 2 is 1.86 bits per heavy atom. The van der Waals surface area contributed by atoms with Gasteiger partial charge in [-0.3, -0.25) is 9.59 Å². The first kappa shape index (κ1) is 15.5. The van der Waals surface area contributed by atoms with E-state index in [-0.39, 0.29) is 11.8 Å². The van der Waals surface area contributed by atoms with Gasteiger partial charge in [0.2, 0.25) is 11.8 Å². The lowest BCUT2D eigenvalue weighted by Gasteiger charge is -2.27. The minimum atomic E-state index is -0.787. The van der Waals surface area contributed by atoms with E-state index in [9.17, 15) is 9.59 Å². The molecule has 0 heterocycles. The Balaban J connectivity index is 2.39. The molecule has 0 aliphatic heterocycles. The van der Waals surface area contributed by atoms with Gasteiger partial charge in [0.05, 0.1) is 11.5 Å². The molecule has 1 saturated carbocycles. The molecule has 0 bridgehead atoms. The molecule has 1 fully saturated rings. The van der Waals surface area contributed by atoms with E-state index in [0.717, 1.165) is 5.56 Å². The topological polar surface area (TPSA) is 89.4 Å². The predicted octanol–water partition coefficient (Wildman–Crippen LogP) is 0.625. The van der Waals surface area contributed by atoms with Crippen molar-refractivity contribution in [3.05, 3.63) is 35.9 Å². The van der Waals surface area contributed by atoms with Gasteiger partial charge in [-0.05, 0) is 25.8 Å². The van der Waals surface area contributed by atoms with Crippen LogP contribution < -0.4 is 11.5 Å². The molecule has 0 saturated heterocycles. The summed E-state index contributed by atoms with van der Waals surface area (Å²) in [6.45, 7) is 5.18. The number of likely N-dealkylation sites (N-methyl/N-ethyl adjacent to an activating group) is 1. The van der Waals surface area contributed by atoms with E-state index in [1.165, 1.54) is 0 Å². The van der Waals surface area contributed by atoms with Crippen molar-refractivity contribution in [2.45, 2.75) is 31.7 Å². The molecule has 5 nitrogen and oxygen atoms in total. The van der Waals surface area contributed by atoms with Gasteiger partial charge in [0, 0.05) is 19.0 Å². The van der Waals surface area contributed by atoms with Gasteiger partial charge < -0.3 is 16.4 Å². The number of hydrogen-bond acceptors (Lipinski definition) is 3. The zero-order chi connectivity index (χ0) is 15.6. The van der Waals surface area contributed by atoms with Crippen molar-refractivity contribution in [2.24, 2.45) is 17.4 Å². The summed E-state index contributed by atoms with van der Waals surface area (Å²) in [5.74, 6) is -0.726. The van der Waals surface area contributed by atoms with E-state index in [0.29, 0.717) is 19.5 Å². The first-order valence-corrected chi connectivity index (χ1v) is 7.38. The Morgan fingerprint density at radius 1 is 1.29 bits per heavy atom. The highest BCUT2D eigenvalue weighted by molar-refractivity contribution is 5.94. The molecule has 1 aromatic rings. The third kappa shape index (κ3) is 2.53. The zero-order valence-electron chi connectivity index (χ0n) is 12.6.